The summed E-state index contributed by atoms with van der Waals surface area (Å²) in [5.74, 6) is -0.236. The molecule has 2 amide bonds. The molecule has 206 valence electrons. The molecule has 0 aliphatic heterocycles. The van der Waals surface area contributed by atoms with Crippen LogP contribution in [0.3, 0.4) is 0 Å². The lowest BCUT2D eigenvalue weighted by Gasteiger charge is -2.34. The van der Waals surface area contributed by atoms with Gasteiger partial charge in [0.05, 0.1) is 23.4 Å². The molecule has 0 aliphatic carbocycles. The van der Waals surface area contributed by atoms with Crippen LogP contribution in [0.2, 0.25) is 5.02 Å². The highest BCUT2D eigenvalue weighted by Crippen LogP contribution is 2.33. The molecule has 11 nitrogen and oxygen atoms in total. The molecule has 3 aromatic rings. The van der Waals surface area contributed by atoms with Gasteiger partial charge in [-0.25, -0.2) is 18.9 Å². The number of carbonyl (C=O) groups excluding carboxylic acids is 2. The SMILES string of the molecule is CNS(C)(O)(=[OH+])Nc1cccc(Cc2c(CC(=O)N(C)C)c3cc(Cl)c(OC(=O)N(C)C)cc3oc2=O)c1. The number of anilines is 1. The maximum Gasteiger partial charge on any atom is 0.414 e. The van der Waals surface area contributed by atoms with E-state index >= 15 is 0 Å². The first-order chi connectivity index (χ1) is 17.6. The average Bonchev–Trinajstić information content (AvgIpc) is 2.81. The number of likely N-dealkylation sites (N-methyl/N-ethyl adjacent to an activating group) is 1. The zero-order valence-electron chi connectivity index (χ0n) is 22.0. The fraction of sp³-hybridized carbons (Fsp3) is 0.320. The number of rotatable bonds is 8. The molecule has 0 fully saturated rings. The third-order valence-electron chi connectivity index (χ3n) is 5.72. The van der Waals surface area contributed by atoms with Gasteiger partial charge in [-0.2, -0.15) is 8.93 Å². The first-order valence-corrected chi connectivity index (χ1v) is 14.2. The molecule has 3 rings (SSSR count). The molecule has 4 N–H and O–H groups in total. The van der Waals surface area contributed by atoms with Gasteiger partial charge in [-0.1, -0.05) is 23.7 Å². The highest BCUT2D eigenvalue weighted by molar-refractivity contribution is 8.14. The molecular formula is C25H32ClN4O7S+. The number of nitrogens with zero attached hydrogens (tertiary/aromatic N) is 2. The maximum atomic E-state index is 13.2. The number of halogens is 1. The maximum absolute atomic E-state index is 13.2. The summed E-state index contributed by atoms with van der Waals surface area (Å²) in [7, 11) is 3.62. The van der Waals surface area contributed by atoms with Gasteiger partial charge in [-0.15, -0.1) is 0 Å². The van der Waals surface area contributed by atoms with Gasteiger partial charge in [0.2, 0.25) is 5.91 Å². The summed E-state index contributed by atoms with van der Waals surface area (Å²) in [5.41, 5.74) is 1.18. The van der Waals surface area contributed by atoms with Crippen molar-refractivity contribution in [1.29, 1.82) is 0 Å². The van der Waals surface area contributed by atoms with Gasteiger partial charge in [-0.3, -0.25) is 4.79 Å². The predicted octanol–water partition coefficient (Wildman–Crippen LogP) is 3.27. The molecule has 38 heavy (non-hydrogen) atoms. The standard InChI is InChI=1S/C25H31ClN4O7S/c1-27-38(6,34,35)28-16-9-7-8-15(10-16)11-19-17(13-23(31)29(2)3)18-12-20(26)22(37-25(33)30(4)5)14-21(18)36-24(19)32/h7-10,12,14H,11,13H2,1-6H3,(H3,27,28,34,35)/p+1. The van der Waals surface area contributed by atoms with E-state index in [-0.39, 0.29) is 40.7 Å². The van der Waals surface area contributed by atoms with Crippen LogP contribution < -0.4 is 19.8 Å². The summed E-state index contributed by atoms with van der Waals surface area (Å²) < 4.78 is 36.9. The first-order valence-electron chi connectivity index (χ1n) is 11.4. The molecular weight excluding hydrogens is 536 g/mol. The van der Waals surface area contributed by atoms with Gasteiger partial charge >= 0.3 is 11.7 Å². The molecule has 0 aliphatic rings. The summed E-state index contributed by atoms with van der Waals surface area (Å²) in [6.45, 7) is 0. The minimum absolute atomic E-state index is 0.00944. The number of hydrogen-bond acceptors (Lipinski definition) is 5. The van der Waals surface area contributed by atoms with Crippen molar-refractivity contribution >= 4 is 50.0 Å². The van der Waals surface area contributed by atoms with Crippen molar-refractivity contribution in [2.75, 3.05) is 46.2 Å². The third-order valence-corrected chi connectivity index (χ3v) is 7.72. The summed E-state index contributed by atoms with van der Waals surface area (Å²) >= 11 is 6.42. The average molecular weight is 568 g/mol. The molecule has 0 bridgehead atoms. The normalized spacial score (nSPS) is 12.5. The van der Waals surface area contributed by atoms with E-state index in [1.54, 1.807) is 38.4 Å². The van der Waals surface area contributed by atoms with Crippen molar-refractivity contribution in [1.82, 2.24) is 14.5 Å². The van der Waals surface area contributed by atoms with E-state index in [1.165, 1.54) is 49.3 Å². The molecule has 0 saturated heterocycles. The van der Waals surface area contributed by atoms with E-state index < -0.39 is 21.4 Å². The third kappa shape index (κ3) is 6.90. The summed E-state index contributed by atoms with van der Waals surface area (Å²) in [6.07, 6.45) is 0.575. The van der Waals surface area contributed by atoms with Crippen molar-refractivity contribution in [2.45, 2.75) is 12.8 Å². The van der Waals surface area contributed by atoms with Gasteiger partial charge in [-0.05, 0) is 29.3 Å². The summed E-state index contributed by atoms with van der Waals surface area (Å²) in [5, 5.41) is 0.528. The largest absolute Gasteiger partial charge is 0.422 e. The Morgan fingerprint density at radius 2 is 1.82 bits per heavy atom. The molecule has 0 spiro atoms. The topological polar surface area (TPSA) is 146 Å². The van der Waals surface area contributed by atoms with Crippen molar-refractivity contribution in [3.63, 3.8) is 0 Å². The van der Waals surface area contributed by atoms with E-state index in [9.17, 15) is 23.1 Å². The van der Waals surface area contributed by atoms with Crippen LogP contribution in [0.15, 0.2) is 45.6 Å². The fourth-order valence-electron chi connectivity index (χ4n) is 3.54. The molecule has 13 heteroatoms. The molecule has 2 aromatic carbocycles. The monoisotopic (exact) mass is 567 g/mol. The van der Waals surface area contributed by atoms with Crippen LogP contribution in [-0.4, -0.2) is 72.1 Å². The van der Waals surface area contributed by atoms with Gasteiger partial charge in [0.1, 0.15) is 5.58 Å². The first kappa shape index (κ1) is 29.1. The van der Waals surface area contributed by atoms with E-state index in [4.69, 9.17) is 20.8 Å². The molecule has 0 atom stereocenters. The van der Waals surface area contributed by atoms with Crippen molar-refractivity contribution in [2.24, 2.45) is 0 Å². The number of ether oxygens (including phenoxy) is 1. The minimum Gasteiger partial charge on any atom is -0.422 e. The number of fused-ring (bicyclic) bond motifs is 1. The Kier molecular flexibility index (Phi) is 8.22. The smallest absolute Gasteiger partial charge is 0.414 e. The fourth-order valence-corrected chi connectivity index (χ4v) is 4.53. The van der Waals surface area contributed by atoms with Crippen LogP contribution in [0.1, 0.15) is 16.7 Å². The van der Waals surface area contributed by atoms with E-state index in [1.807, 2.05) is 0 Å². The second-order valence-corrected chi connectivity index (χ2v) is 13.0. The van der Waals surface area contributed by atoms with Crippen molar-refractivity contribution in [3.05, 3.63) is 68.5 Å². The highest BCUT2D eigenvalue weighted by Gasteiger charge is 2.23. The molecule has 1 heterocycles. The number of benzene rings is 2. The Balaban J connectivity index is 2.14. The number of carbonyl (C=O) groups is 2. The summed E-state index contributed by atoms with van der Waals surface area (Å²) in [6, 6.07) is 9.64. The lowest BCUT2D eigenvalue weighted by Crippen LogP contribution is -2.50. The number of amides is 2. The van der Waals surface area contributed by atoms with E-state index in [2.05, 4.69) is 9.44 Å². The van der Waals surface area contributed by atoms with Gasteiger partial charge in [0, 0.05) is 68.4 Å². The molecule has 0 unspecified atom stereocenters. The second kappa shape index (κ2) is 10.7. The lowest BCUT2D eigenvalue weighted by atomic mass is 9.95. The van der Waals surface area contributed by atoms with Gasteiger partial charge in [0.25, 0.3) is 0 Å². The van der Waals surface area contributed by atoms with Crippen LogP contribution in [0, 0.1) is 0 Å². The molecule has 0 radical (unpaired) electrons. The zero-order valence-corrected chi connectivity index (χ0v) is 23.6. The van der Waals surface area contributed by atoms with Gasteiger partial charge < -0.3 is 19.0 Å². The Hall–Kier alpha value is -3.45. The minimum atomic E-state index is -4.05. The molecule has 0 saturated carbocycles. The Labute approximate surface area is 225 Å². The lowest BCUT2D eigenvalue weighted by molar-refractivity contribution is -0.127. The molecule has 1 aromatic heterocycles. The van der Waals surface area contributed by atoms with Crippen LogP contribution in [0.25, 0.3) is 11.0 Å². The van der Waals surface area contributed by atoms with E-state index in [0.29, 0.717) is 22.2 Å². The Morgan fingerprint density at radius 1 is 1.13 bits per heavy atom. The van der Waals surface area contributed by atoms with Crippen molar-refractivity contribution in [3.8, 4) is 5.75 Å². The highest BCUT2D eigenvalue weighted by atomic mass is 35.5. The Morgan fingerprint density at radius 3 is 2.42 bits per heavy atom. The second-order valence-electron chi connectivity index (χ2n) is 9.36. The zero-order chi connectivity index (χ0) is 28.4. The van der Waals surface area contributed by atoms with Crippen LogP contribution in [0.4, 0.5) is 10.5 Å². The summed E-state index contributed by atoms with van der Waals surface area (Å²) in [4.78, 5) is 40.6. The van der Waals surface area contributed by atoms with Crippen molar-refractivity contribution < 1.29 is 27.5 Å². The van der Waals surface area contributed by atoms with E-state index in [0.717, 1.165) is 0 Å². The van der Waals surface area contributed by atoms with Crippen LogP contribution >= 0.6 is 11.6 Å². The van der Waals surface area contributed by atoms with Crippen LogP contribution in [0.5, 0.6) is 5.75 Å². The van der Waals surface area contributed by atoms with Crippen LogP contribution in [-0.2, 0) is 27.4 Å². The predicted molar refractivity (Wildman–Crippen MR) is 149 cm³/mol. The number of hydrogen-bond donors (Lipinski definition) is 3. The quantitative estimate of drug-likeness (QED) is 0.281. The van der Waals surface area contributed by atoms with Gasteiger partial charge in [0.15, 0.2) is 5.75 Å². The Bertz CT molecular complexity index is 1530. The number of nitrogens with one attached hydrogen (secondary N) is 2.